The van der Waals surface area contributed by atoms with Crippen molar-refractivity contribution in [2.45, 2.75) is 33.7 Å². The second-order valence-corrected chi connectivity index (χ2v) is 6.83. The third kappa shape index (κ3) is 2.79. The van der Waals surface area contributed by atoms with Crippen molar-refractivity contribution in [1.29, 1.82) is 0 Å². The number of carbonyl (C=O) groups is 2. The van der Waals surface area contributed by atoms with Crippen molar-refractivity contribution >= 4 is 17.4 Å². The summed E-state index contributed by atoms with van der Waals surface area (Å²) in [5.74, 6) is -1.65. The highest BCUT2D eigenvalue weighted by Gasteiger charge is 2.45. The van der Waals surface area contributed by atoms with Crippen LogP contribution in [0, 0.1) is 19.8 Å². The number of benzene rings is 1. The van der Waals surface area contributed by atoms with Crippen LogP contribution >= 0.6 is 0 Å². The fourth-order valence-corrected chi connectivity index (χ4v) is 3.23. The van der Waals surface area contributed by atoms with Crippen molar-refractivity contribution in [2.24, 2.45) is 5.92 Å². The normalized spacial score (nSPS) is 17.3. The molecule has 2 heterocycles. The summed E-state index contributed by atoms with van der Waals surface area (Å²) in [5, 5.41) is 10.5. The molecule has 1 amide bonds. The quantitative estimate of drug-likeness (QED) is 0.910. The van der Waals surface area contributed by atoms with Crippen molar-refractivity contribution in [3.63, 3.8) is 0 Å². The lowest BCUT2D eigenvalue weighted by Gasteiger charge is -2.28. The molecular weight excluding hydrogens is 328 g/mol. The lowest BCUT2D eigenvalue weighted by Crippen LogP contribution is -2.32. The third-order valence-electron chi connectivity index (χ3n) is 4.80. The zero-order valence-corrected chi connectivity index (χ0v) is 15.4. The summed E-state index contributed by atoms with van der Waals surface area (Å²) in [4.78, 5) is 31.6. The van der Waals surface area contributed by atoms with Gasteiger partial charge in [0.25, 0.3) is 5.91 Å². The predicted octanol–water partition coefficient (Wildman–Crippen LogP) is 3.82. The lowest BCUT2D eigenvalue weighted by atomic mass is 9.93. The Hall–Kier alpha value is -2.95. The predicted molar refractivity (Wildman–Crippen MR) is 99.9 cm³/mol. The van der Waals surface area contributed by atoms with Crippen LogP contribution in [-0.4, -0.2) is 21.8 Å². The van der Waals surface area contributed by atoms with Crippen LogP contribution in [0.25, 0.3) is 0 Å². The number of aliphatic hydroxyl groups excluding tert-OH is 1. The average molecular weight is 350 g/mol. The molecule has 0 aliphatic carbocycles. The van der Waals surface area contributed by atoms with Gasteiger partial charge in [-0.2, -0.15) is 0 Å². The van der Waals surface area contributed by atoms with E-state index in [0.717, 1.165) is 11.1 Å². The van der Waals surface area contributed by atoms with E-state index in [1.807, 2.05) is 32.0 Å². The Morgan fingerprint density at radius 1 is 1.15 bits per heavy atom. The Balaban J connectivity index is 2.23. The lowest BCUT2D eigenvalue weighted by molar-refractivity contribution is -0.119. The Labute approximate surface area is 153 Å². The van der Waals surface area contributed by atoms with E-state index in [1.54, 1.807) is 38.2 Å². The van der Waals surface area contributed by atoms with Crippen LogP contribution in [-0.2, 0) is 9.59 Å². The highest BCUT2D eigenvalue weighted by Crippen LogP contribution is 2.42. The molecule has 1 unspecified atom stereocenters. The summed E-state index contributed by atoms with van der Waals surface area (Å²) >= 11 is 0. The van der Waals surface area contributed by atoms with Crippen LogP contribution in [0.3, 0.4) is 0 Å². The van der Waals surface area contributed by atoms with Crippen molar-refractivity contribution < 1.29 is 14.7 Å². The number of aliphatic hydroxyl groups is 1. The van der Waals surface area contributed by atoms with E-state index < -0.39 is 17.7 Å². The Bertz CT molecular complexity index is 901. The molecule has 3 rings (SSSR count). The molecule has 5 heteroatoms. The molecule has 0 saturated heterocycles. The molecule has 26 heavy (non-hydrogen) atoms. The first-order valence-electron chi connectivity index (χ1n) is 8.62. The van der Waals surface area contributed by atoms with Gasteiger partial charge < -0.3 is 5.11 Å². The number of amides is 1. The number of nitrogens with zero attached hydrogens (tertiary/aromatic N) is 2. The molecule has 0 fully saturated rings. The molecule has 1 N–H and O–H groups in total. The summed E-state index contributed by atoms with van der Waals surface area (Å²) in [6.45, 7) is 7.39. The van der Waals surface area contributed by atoms with E-state index in [-0.39, 0.29) is 17.3 Å². The molecular formula is C21H22N2O3. The number of pyridine rings is 1. The van der Waals surface area contributed by atoms with Crippen molar-refractivity contribution in [3.05, 3.63) is 70.7 Å². The molecule has 0 saturated carbocycles. The molecule has 1 aliphatic rings. The van der Waals surface area contributed by atoms with Gasteiger partial charge in [-0.15, -0.1) is 0 Å². The molecule has 1 aromatic heterocycles. The van der Waals surface area contributed by atoms with E-state index in [4.69, 9.17) is 0 Å². The van der Waals surface area contributed by atoms with Crippen LogP contribution in [0.4, 0.5) is 5.69 Å². The van der Waals surface area contributed by atoms with Gasteiger partial charge >= 0.3 is 0 Å². The van der Waals surface area contributed by atoms with Gasteiger partial charge in [-0.1, -0.05) is 32.0 Å². The van der Waals surface area contributed by atoms with Gasteiger partial charge in [0.15, 0.2) is 11.5 Å². The molecule has 0 bridgehead atoms. The topological polar surface area (TPSA) is 70.5 Å². The van der Waals surface area contributed by atoms with Crippen molar-refractivity contribution in [2.75, 3.05) is 4.90 Å². The van der Waals surface area contributed by atoms with E-state index in [1.165, 1.54) is 4.90 Å². The van der Waals surface area contributed by atoms with E-state index in [2.05, 4.69) is 4.98 Å². The Morgan fingerprint density at radius 3 is 2.50 bits per heavy atom. The highest BCUT2D eigenvalue weighted by molar-refractivity contribution is 6.17. The largest absolute Gasteiger partial charge is 0.503 e. The fourth-order valence-electron chi connectivity index (χ4n) is 3.23. The van der Waals surface area contributed by atoms with Crippen LogP contribution in [0.2, 0.25) is 0 Å². The molecule has 1 aliphatic heterocycles. The van der Waals surface area contributed by atoms with E-state index in [0.29, 0.717) is 11.4 Å². The first-order valence-corrected chi connectivity index (χ1v) is 8.62. The fraction of sp³-hybridized carbons (Fsp3) is 0.286. The number of rotatable bonds is 4. The minimum atomic E-state index is -0.737. The maximum atomic E-state index is 12.9. The number of hydrogen-bond donors (Lipinski definition) is 1. The van der Waals surface area contributed by atoms with Gasteiger partial charge in [0.1, 0.15) is 6.04 Å². The molecule has 2 aromatic rings. The van der Waals surface area contributed by atoms with Crippen LogP contribution in [0.1, 0.15) is 36.7 Å². The molecule has 1 aromatic carbocycles. The number of hydrogen-bond acceptors (Lipinski definition) is 4. The number of aryl methyl sites for hydroxylation is 1. The smallest absolute Gasteiger partial charge is 0.294 e. The average Bonchev–Trinajstić information content (AvgIpc) is 2.89. The highest BCUT2D eigenvalue weighted by atomic mass is 16.3. The summed E-state index contributed by atoms with van der Waals surface area (Å²) in [7, 11) is 0. The van der Waals surface area contributed by atoms with Crippen LogP contribution in [0.15, 0.2) is 53.9 Å². The standard InChI is InChI=1S/C21H22N2O3/c1-12(2)19(24)17-18(15-9-5-6-11-22-15)23(21(26)20(17)25)16-10-7-8-13(3)14(16)4/h5-12,18,25H,1-4H3. The zero-order chi connectivity index (χ0) is 19.0. The molecule has 134 valence electrons. The molecule has 5 nitrogen and oxygen atoms in total. The maximum Gasteiger partial charge on any atom is 0.294 e. The van der Waals surface area contributed by atoms with Crippen molar-refractivity contribution in [1.82, 2.24) is 4.98 Å². The summed E-state index contributed by atoms with van der Waals surface area (Å²) in [6, 6.07) is 10.3. The SMILES string of the molecule is Cc1cccc(N2C(=O)C(O)=C(C(=O)C(C)C)C2c2ccccn2)c1C. The van der Waals surface area contributed by atoms with Gasteiger partial charge in [-0.3, -0.25) is 19.5 Å². The second kappa shape index (κ2) is 6.75. The van der Waals surface area contributed by atoms with Gasteiger partial charge in [-0.05, 0) is 43.2 Å². The van der Waals surface area contributed by atoms with Gasteiger partial charge in [0, 0.05) is 17.8 Å². The van der Waals surface area contributed by atoms with E-state index in [9.17, 15) is 14.7 Å². The molecule has 1 atom stereocenters. The Kier molecular flexibility index (Phi) is 4.64. The molecule has 0 spiro atoms. The number of anilines is 1. The Morgan fingerprint density at radius 2 is 1.88 bits per heavy atom. The first kappa shape index (κ1) is 17.9. The first-order chi connectivity index (χ1) is 12.3. The maximum absolute atomic E-state index is 12.9. The van der Waals surface area contributed by atoms with Gasteiger partial charge in [-0.25, -0.2) is 0 Å². The monoisotopic (exact) mass is 350 g/mol. The molecule has 0 radical (unpaired) electrons. The van der Waals surface area contributed by atoms with E-state index >= 15 is 0 Å². The minimum absolute atomic E-state index is 0.115. The number of ketones is 1. The zero-order valence-electron chi connectivity index (χ0n) is 15.4. The van der Waals surface area contributed by atoms with Crippen LogP contribution in [0.5, 0.6) is 0 Å². The summed E-state index contributed by atoms with van der Waals surface area (Å²) in [5.41, 5.74) is 3.29. The van der Waals surface area contributed by atoms with Crippen molar-refractivity contribution in [3.8, 4) is 0 Å². The summed E-state index contributed by atoms with van der Waals surface area (Å²) < 4.78 is 0. The van der Waals surface area contributed by atoms with Gasteiger partial charge in [0.2, 0.25) is 0 Å². The summed E-state index contributed by atoms with van der Waals surface area (Å²) in [6.07, 6.45) is 1.62. The third-order valence-corrected chi connectivity index (χ3v) is 4.80. The minimum Gasteiger partial charge on any atom is -0.503 e. The second-order valence-electron chi connectivity index (χ2n) is 6.83. The number of Topliss-reactive ketones (excluding diaryl/α,β-unsaturated/α-hetero) is 1. The number of aromatic nitrogens is 1. The van der Waals surface area contributed by atoms with Gasteiger partial charge in [0.05, 0.1) is 11.3 Å². The number of carbonyl (C=O) groups excluding carboxylic acids is 2. The van der Waals surface area contributed by atoms with Crippen LogP contribution < -0.4 is 4.90 Å².